The summed E-state index contributed by atoms with van der Waals surface area (Å²) < 4.78 is 38.0. The van der Waals surface area contributed by atoms with Crippen LogP contribution in [0.25, 0.3) is 11.5 Å². The molecule has 0 saturated carbocycles. The average molecular weight is 457 g/mol. The fourth-order valence-corrected chi connectivity index (χ4v) is 5.00. The van der Waals surface area contributed by atoms with Crippen LogP contribution in [-0.4, -0.2) is 49.0 Å². The normalized spacial score (nSPS) is 15.4. The van der Waals surface area contributed by atoms with E-state index >= 15 is 0 Å². The zero-order valence-electron chi connectivity index (χ0n) is 17.8. The van der Waals surface area contributed by atoms with E-state index < -0.39 is 15.9 Å². The van der Waals surface area contributed by atoms with Crippen LogP contribution in [0, 0.1) is 5.92 Å². The maximum atomic E-state index is 12.8. The van der Waals surface area contributed by atoms with E-state index in [-0.39, 0.29) is 22.4 Å². The molecule has 9 nitrogen and oxygen atoms in total. The molecule has 3 aromatic rings. The quantitative estimate of drug-likeness (QED) is 0.604. The van der Waals surface area contributed by atoms with Crippen molar-refractivity contribution >= 4 is 21.9 Å². The van der Waals surface area contributed by atoms with E-state index in [4.69, 9.17) is 9.15 Å². The summed E-state index contributed by atoms with van der Waals surface area (Å²) in [6.45, 7) is 3.15. The highest BCUT2D eigenvalue weighted by Gasteiger charge is 2.28. The highest BCUT2D eigenvalue weighted by molar-refractivity contribution is 7.89. The number of amides is 1. The number of ether oxygens (including phenoxy) is 1. The first-order chi connectivity index (χ1) is 15.4. The largest absolute Gasteiger partial charge is 0.496 e. The van der Waals surface area contributed by atoms with Crippen LogP contribution in [0.3, 0.4) is 0 Å². The Morgan fingerprint density at radius 2 is 1.78 bits per heavy atom. The van der Waals surface area contributed by atoms with Gasteiger partial charge in [-0.05, 0) is 55.2 Å². The number of rotatable bonds is 6. The van der Waals surface area contributed by atoms with Crippen LogP contribution in [-0.2, 0) is 10.0 Å². The van der Waals surface area contributed by atoms with Crippen LogP contribution in [0.15, 0.2) is 57.8 Å². The van der Waals surface area contributed by atoms with Gasteiger partial charge in [0, 0.05) is 18.7 Å². The molecule has 0 unspecified atom stereocenters. The molecule has 1 aromatic heterocycles. The van der Waals surface area contributed by atoms with Crippen molar-refractivity contribution in [3.8, 4) is 17.2 Å². The van der Waals surface area contributed by atoms with Crippen molar-refractivity contribution in [2.24, 2.45) is 5.92 Å². The number of nitrogens with one attached hydrogen (secondary N) is 1. The van der Waals surface area contributed by atoms with Crippen LogP contribution in [0.5, 0.6) is 5.75 Å². The van der Waals surface area contributed by atoms with Crippen molar-refractivity contribution < 1.29 is 22.4 Å². The number of hydrogen-bond acceptors (Lipinski definition) is 7. The van der Waals surface area contributed by atoms with Gasteiger partial charge >= 0.3 is 6.01 Å². The summed E-state index contributed by atoms with van der Waals surface area (Å²) in [5.41, 5.74) is 0.873. The van der Waals surface area contributed by atoms with Crippen LogP contribution in [0.1, 0.15) is 30.1 Å². The van der Waals surface area contributed by atoms with Crippen molar-refractivity contribution in [3.05, 3.63) is 54.1 Å². The van der Waals surface area contributed by atoms with Gasteiger partial charge in [0.2, 0.25) is 10.0 Å². The molecule has 1 aliphatic rings. The molecule has 32 heavy (non-hydrogen) atoms. The number of sulfonamides is 1. The van der Waals surface area contributed by atoms with Gasteiger partial charge in [-0.25, -0.2) is 8.42 Å². The van der Waals surface area contributed by atoms with E-state index in [0.29, 0.717) is 30.3 Å². The zero-order chi connectivity index (χ0) is 22.7. The third kappa shape index (κ3) is 4.51. The van der Waals surface area contributed by atoms with E-state index in [0.717, 1.165) is 12.8 Å². The first-order valence-corrected chi connectivity index (χ1v) is 11.7. The number of para-hydroxylation sites is 1. The second-order valence-corrected chi connectivity index (χ2v) is 9.62. The number of carbonyl (C=O) groups excluding carboxylic acids is 1. The van der Waals surface area contributed by atoms with Gasteiger partial charge in [-0.3, -0.25) is 10.1 Å². The molecule has 1 aliphatic heterocycles. The molecule has 2 aromatic carbocycles. The lowest BCUT2D eigenvalue weighted by molar-refractivity contribution is 0.102. The minimum atomic E-state index is -3.57. The maximum absolute atomic E-state index is 12.8. The van der Waals surface area contributed by atoms with Crippen molar-refractivity contribution in [3.63, 3.8) is 0 Å². The Bertz CT molecular complexity index is 1200. The Labute approximate surface area is 186 Å². The number of nitrogens with zero attached hydrogens (tertiary/aromatic N) is 3. The highest BCUT2D eigenvalue weighted by Crippen LogP contribution is 2.29. The Balaban J connectivity index is 1.45. The van der Waals surface area contributed by atoms with Crippen LogP contribution in [0.2, 0.25) is 0 Å². The smallest absolute Gasteiger partial charge is 0.322 e. The van der Waals surface area contributed by atoms with Gasteiger partial charge in [-0.1, -0.05) is 24.2 Å². The summed E-state index contributed by atoms with van der Waals surface area (Å²) >= 11 is 0. The van der Waals surface area contributed by atoms with E-state index in [2.05, 4.69) is 22.4 Å². The zero-order valence-corrected chi connectivity index (χ0v) is 18.6. The lowest BCUT2D eigenvalue weighted by Crippen LogP contribution is -2.37. The molecule has 2 heterocycles. The number of piperidine rings is 1. The molecule has 10 heteroatoms. The van der Waals surface area contributed by atoms with Crippen molar-refractivity contribution in [1.82, 2.24) is 14.5 Å². The fraction of sp³-hybridized carbons (Fsp3) is 0.318. The van der Waals surface area contributed by atoms with Crippen LogP contribution < -0.4 is 10.1 Å². The van der Waals surface area contributed by atoms with E-state index in [1.807, 2.05) is 6.07 Å². The van der Waals surface area contributed by atoms with Crippen molar-refractivity contribution in [1.29, 1.82) is 0 Å². The molecule has 1 fully saturated rings. The summed E-state index contributed by atoms with van der Waals surface area (Å²) in [4.78, 5) is 12.7. The summed E-state index contributed by atoms with van der Waals surface area (Å²) in [5, 5.41) is 10.3. The molecule has 0 atom stereocenters. The Morgan fingerprint density at radius 1 is 1.09 bits per heavy atom. The monoisotopic (exact) mass is 456 g/mol. The molecule has 0 bridgehead atoms. The van der Waals surface area contributed by atoms with Gasteiger partial charge in [-0.2, -0.15) is 4.31 Å². The lowest BCUT2D eigenvalue weighted by atomic mass is 10.0. The predicted octanol–water partition coefficient (Wildman–Crippen LogP) is 3.42. The summed E-state index contributed by atoms with van der Waals surface area (Å²) in [6, 6.07) is 12.9. The van der Waals surface area contributed by atoms with Gasteiger partial charge in [0.15, 0.2) is 0 Å². The number of benzene rings is 2. The molecule has 0 spiro atoms. The number of aromatic nitrogens is 2. The molecule has 1 amide bonds. The fourth-order valence-electron chi connectivity index (χ4n) is 3.53. The Morgan fingerprint density at radius 3 is 2.47 bits per heavy atom. The molecule has 0 radical (unpaired) electrons. The van der Waals surface area contributed by atoms with Crippen molar-refractivity contribution in [2.75, 3.05) is 25.5 Å². The second-order valence-electron chi connectivity index (χ2n) is 7.68. The first kappa shape index (κ1) is 22.0. The summed E-state index contributed by atoms with van der Waals surface area (Å²) in [6.07, 6.45) is 1.70. The van der Waals surface area contributed by atoms with Gasteiger partial charge in [0.05, 0.1) is 17.6 Å². The van der Waals surface area contributed by atoms with E-state index in [1.165, 1.54) is 35.7 Å². The predicted molar refractivity (Wildman–Crippen MR) is 118 cm³/mol. The van der Waals surface area contributed by atoms with E-state index in [1.54, 1.807) is 18.2 Å². The third-order valence-electron chi connectivity index (χ3n) is 5.48. The summed E-state index contributed by atoms with van der Waals surface area (Å²) in [7, 11) is -2.04. The molecular weight excluding hydrogens is 432 g/mol. The van der Waals surface area contributed by atoms with E-state index in [9.17, 15) is 13.2 Å². The van der Waals surface area contributed by atoms with Crippen LogP contribution >= 0.6 is 0 Å². The average Bonchev–Trinajstić information content (AvgIpc) is 3.27. The lowest BCUT2D eigenvalue weighted by Gasteiger charge is -2.29. The number of carbonyl (C=O) groups is 1. The van der Waals surface area contributed by atoms with Crippen LogP contribution in [0.4, 0.5) is 6.01 Å². The molecular formula is C22H24N4O5S. The molecule has 0 aliphatic carbocycles. The number of hydrogen-bond donors (Lipinski definition) is 1. The second kappa shape index (κ2) is 9.09. The first-order valence-electron chi connectivity index (χ1n) is 10.3. The number of methoxy groups -OCH3 is 1. The van der Waals surface area contributed by atoms with Gasteiger partial charge in [0.1, 0.15) is 5.75 Å². The SMILES string of the molecule is COc1ccccc1-c1nnc(NC(=O)c2ccc(S(=O)(=O)N3CCC(C)CC3)cc2)o1. The molecule has 1 N–H and O–H groups in total. The minimum Gasteiger partial charge on any atom is -0.496 e. The highest BCUT2D eigenvalue weighted by atomic mass is 32.2. The number of anilines is 1. The standard InChI is InChI=1S/C22H24N4O5S/c1-15-11-13-26(14-12-15)32(28,29)17-9-7-16(8-10-17)20(27)23-22-25-24-21(31-22)18-5-3-4-6-19(18)30-2/h3-10,15H,11-14H2,1-2H3,(H,23,25,27). The molecule has 4 rings (SSSR count). The van der Waals surface area contributed by atoms with Crippen molar-refractivity contribution in [2.45, 2.75) is 24.7 Å². The molecule has 1 saturated heterocycles. The minimum absolute atomic E-state index is 0.0740. The van der Waals surface area contributed by atoms with Gasteiger partial charge in [-0.15, -0.1) is 5.10 Å². The summed E-state index contributed by atoms with van der Waals surface area (Å²) in [5.74, 6) is 0.806. The molecule has 168 valence electrons. The van der Waals surface area contributed by atoms with Gasteiger partial charge in [0.25, 0.3) is 11.8 Å². The Kier molecular flexibility index (Phi) is 6.24. The maximum Gasteiger partial charge on any atom is 0.322 e. The Hall–Kier alpha value is -3.24. The topological polar surface area (TPSA) is 115 Å². The van der Waals surface area contributed by atoms with Gasteiger partial charge < -0.3 is 9.15 Å². The third-order valence-corrected chi connectivity index (χ3v) is 7.39.